The van der Waals surface area contributed by atoms with Gasteiger partial charge in [0.25, 0.3) is 0 Å². The van der Waals surface area contributed by atoms with E-state index in [2.05, 4.69) is 4.74 Å². The Balaban J connectivity index is 1.92. The summed E-state index contributed by atoms with van der Waals surface area (Å²) < 4.78 is 57.9. The number of aryl methyl sites for hydroxylation is 1. The lowest BCUT2D eigenvalue weighted by Gasteiger charge is -2.22. The van der Waals surface area contributed by atoms with Crippen molar-refractivity contribution < 1.29 is 46.8 Å². The molecule has 0 saturated carbocycles. The summed E-state index contributed by atoms with van der Waals surface area (Å²) in [7, 11) is 0. The van der Waals surface area contributed by atoms with Crippen molar-refractivity contribution in [3.8, 4) is 11.5 Å². The molecule has 0 fully saturated rings. The van der Waals surface area contributed by atoms with Gasteiger partial charge in [0.05, 0.1) is 6.54 Å². The van der Waals surface area contributed by atoms with Crippen LogP contribution in [0.1, 0.15) is 24.5 Å². The van der Waals surface area contributed by atoms with Gasteiger partial charge in [0.2, 0.25) is 0 Å². The van der Waals surface area contributed by atoms with Crippen molar-refractivity contribution in [3.05, 3.63) is 59.7 Å². The third-order valence-corrected chi connectivity index (χ3v) is 5.15. The maximum absolute atomic E-state index is 12.8. The zero-order valence-corrected chi connectivity index (χ0v) is 20.8. The summed E-state index contributed by atoms with van der Waals surface area (Å²) in [5.41, 5.74) is 1.52. The van der Waals surface area contributed by atoms with E-state index in [9.17, 15) is 27.9 Å². The molecule has 2 aromatic carbocycles. The molecule has 2 aromatic rings. The van der Waals surface area contributed by atoms with Gasteiger partial charge in [0.15, 0.2) is 6.10 Å². The van der Waals surface area contributed by atoms with Gasteiger partial charge in [-0.25, -0.2) is 9.59 Å². The molecule has 0 spiro atoms. The van der Waals surface area contributed by atoms with Crippen LogP contribution in [0.2, 0.25) is 0 Å². The van der Waals surface area contributed by atoms with Gasteiger partial charge in [-0.3, -0.25) is 0 Å². The minimum absolute atomic E-state index is 0.0995. The molecule has 0 aliphatic carbocycles. The summed E-state index contributed by atoms with van der Waals surface area (Å²) in [5, 5.41) is 9.22. The lowest BCUT2D eigenvalue weighted by molar-refractivity contribution is -0.174. The monoisotopic (exact) mass is 527 g/mol. The number of aliphatic carboxylic acids is 1. The number of carbonyl (C=O) groups is 2. The lowest BCUT2D eigenvalue weighted by Crippen LogP contribution is -2.38. The number of ether oxygens (including phenoxy) is 4. The van der Waals surface area contributed by atoms with E-state index in [1.165, 1.54) is 4.90 Å². The predicted molar refractivity (Wildman–Crippen MR) is 129 cm³/mol. The molecule has 37 heavy (non-hydrogen) atoms. The SMILES string of the molecule is CCOC(Cc1ccc(OCCN(CCCOCC(F)(F)F)C(=O)Oc2ccccc2C)cc1)C(=O)O. The molecular formula is C26H32F3NO7. The fraction of sp³-hybridized carbons (Fsp3) is 0.462. The van der Waals surface area contributed by atoms with E-state index in [1.54, 1.807) is 62.4 Å². The average molecular weight is 528 g/mol. The van der Waals surface area contributed by atoms with Crippen LogP contribution >= 0.6 is 0 Å². The average Bonchev–Trinajstić information content (AvgIpc) is 2.84. The fourth-order valence-electron chi connectivity index (χ4n) is 3.30. The van der Waals surface area contributed by atoms with Gasteiger partial charge in [-0.2, -0.15) is 13.2 Å². The highest BCUT2D eigenvalue weighted by atomic mass is 19.4. The van der Waals surface area contributed by atoms with E-state index < -0.39 is 30.9 Å². The van der Waals surface area contributed by atoms with Crippen LogP contribution < -0.4 is 9.47 Å². The van der Waals surface area contributed by atoms with E-state index in [0.717, 1.165) is 11.1 Å². The summed E-state index contributed by atoms with van der Waals surface area (Å²) in [6, 6.07) is 13.8. The van der Waals surface area contributed by atoms with E-state index in [4.69, 9.17) is 14.2 Å². The molecule has 0 saturated heterocycles. The van der Waals surface area contributed by atoms with Gasteiger partial charge in [-0.05, 0) is 49.6 Å². The van der Waals surface area contributed by atoms with Crippen molar-refractivity contribution >= 4 is 12.1 Å². The van der Waals surface area contributed by atoms with Crippen LogP contribution in [0.5, 0.6) is 11.5 Å². The van der Waals surface area contributed by atoms with Gasteiger partial charge in [0.1, 0.15) is 24.7 Å². The topological polar surface area (TPSA) is 94.5 Å². The summed E-state index contributed by atoms with van der Waals surface area (Å²) in [6.07, 6.45) is -5.62. The first-order valence-corrected chi connectivity index (χ1v) is 11.8. The molecule has 1 amide bonds. The highest BCUT2D eigenvalue weighted by Crippen LogP contribution is 2.18. The number of alkyl halides is 3. The van der Waals surface area contributed by atoms with E-state index in [1.807, 2.05) is 0 Å². The van der Waals surface area contributed by atoms with Crippen molar-refractivity contribution in [2.75, 3.05) is 39.5 Å². The molecule has 0 radical (unpaired) electrons. The van der Waals surface area contributed by atoms with Crippen molar-refractivity contribution in [2.24, 2.45) is 0 Å². The van der Waals surface area contributed by atoms with Crippen molar-refractivity contribution in [2.45, 2.75) is 39.0 Å². The summed E-state index contributed by atoms with van der Waals surface area (Å²) in [6.45, 7) is 2.61. The molecule has 1 unspecified atom stereocenters. The third kappa shape index (κ3) is 11.5. The molecule has 0 aliphatic rings. The predicted octanol–water partition coefficient (Wildman–Crippen LogP) is 4.88. The van der Waals surface area contributed by atoms with Crippen LogP contribution in [-0.4, -0.2) is 73.9 Å². The highest BCUT2D eigenvalue weighted by Gasteiger charge is 2.27. The van der Waals surface area contributed by atoms with Crippen molar-refractivity contribution in [3.63, 3.8) is 0 Å². The van der Waals surface area contributed by atoms with Gasteiger partial charge < -0.3 is 29.0 Å². The number of benzene rings is 2. The van der Waals surface area contributed by atoms with Gasteiger partial charge >= 0.3 is 18.2 Å². The maximum atomic E-state index is 12.8. The minimum Gasteiger partial charge on any atom is -0.492 e. The number of hydrogen-bond donors (Lipinski definition) is 1. The quantitative estimate of drug-likeness (QED) is 0.330. The third-order valence-electron chi connectivity index (χ3n) is 5.15. The normalized spacial score (nSPS) is 12.1. The molecule has 1 N–H and O–H groups in total. The molecule has 8 nitrogen and oxygen atoms in total. The summed E-state index contributed by atoms with van der Waals surface area (Å²) in [4.78, 5) is 25.4. The highest BCUT2D eigenvalue weighted by molar-refractivity contribution is 5.72. The molecule has 1 atom stereocenters. The van der Waals surface area contributed by atoms with E-state index in [0.29, 0.717) is 11.5 Å². The number of hydrogen-bond acceptors (Lipinski definition) is 6. The van der Waals surface area contributed by atoms with E-state index >= 15 is 0 Å². The molecule has 0 heterocycles. The first-order chi connectivity index (χ1) is 17.6. The minimum atomic E-state index is -4.41. The van der Waals surface area contributed by atoms with Gasteiger partial charge in [-0.15, -0.1) is 0 Å². The Morgan fingerprint density at radius 2 is 1.73 bits per heavy atom. The summed E-state index contributed by atoms with van der Waals surface area (Å²) >= 11 is 0. The second kappa shape index (κ2) is 15.1. The van der Waals surface area contributed by atoms with Crippen LogP contribution in [-0.2, 0) is 20.7 Å². The molecule has 0 bridgehead atoms. The first-order valence-electron chi connectivity index (χ1n) is 11.8. The van der Waals surface area contributed by atoms with Crippen LogP contribution in [0.4, 0.5) is 18.0 Å². The molecule has 2 rings (SSSR count). The summed E-state index contributed by atoms with van der Waals surface area (Å²) in [5.74, 6) is -0.148. The Morgan fingerprint density at radius 1 is 1.03 bits per heavy atom. The molecular weight excluding hydrogens is 495 g/mol. The number of halogens is 3. The standard InChI is InChI=1S/C26H32F3NO7/c1-3-35-23(24(31)32)17-20-9-11-21(12-10-20)36-16-14-30(13-6-15-34-18-26(27,28)29)25(33)37-22-8-5-4-7-19(22)2/h4-5,7-12,23H,3,6,13-18H2,1-2H3,(H,31,32). The molecule has 204 valence electrons. The van der Waals surface area contributed by atoms with Crippen molar-refractivity contribution in [1.29, 1.82) is 0 Å². The largest absolute Gasteiger partial charge is 0.492 e. The van der Waals surface area contributed by atoms with Crippen LogP contribution in [0.3, 0.4) is 0 Å². The number of para-hydroxylation sites is 1. The molecule has 0 aliphatic heterocycles. The van der Waals surface area contributed by atoms with Gasteiger partial charge in [0, 0.05) is 26.2 Å². The molecule has 0 aromatic heterocycles. The Kier molecular flexibility index (Phi) is 12.2. The van der Waals surface area contributed by atoms with Crippen LogP contribution in [0, 0.1) is 6.92 Å². The fourth-order valence-corrected chi connectivity index (χ4v) is 3.30. The number of carboxylic acid groups (broad SMARTS) is 1. The Hall–Kier alpha value is -3.31. The number of amides is 1. The second-order valence-electron chi connectivity index (χ2n) is 8.12. The van der Waals surface area contributed by atoms with Gasteiger partial charge in [-0.1, -0.05) is 30.3 Å². The van der Waals surface area contributed by atoms with Crippen molar-refractivity contribution in [1.82, 2.24) is 4.90 Å². The van der Waals surface area contributed by atoms with Crippen LogP contribution in [0.25, 0.3) is 0 Å². The number of rotatable bonds is 15. The number of carbonyl (C=O) groups excluding carboxylic acids is 1. The Labute approximate surface area is 213 Å². The smallest absolute Gasteiger partial charge is 0.415 e. The number of carboxylic acids is 1. The number of nitrogens with zero attached hydrogens (tertiary/aromatic N) is 1. The second-order valence-corrected chi connectivity index (χ2v) is 8.12. The zero-order chi connectivity index (χ0) is 27.3. The Bertz CT molecular complexity index is 983. The van der Waals surface area contributed by atoms with Crippen LogP contribution in [0.15, 0.2) is 48.5 Å². The lowest BCUT2D eigenvalue weighted by atomic mass is 10.1. The first kappa shape index (κ1) is 29.9. The van der Waals surface area contributed by atoms with E-state index in [-0.39, 0.29) is 45.8 Å². The Morgan fingerprint density at radius 3 is 2.35 bits per heavy atom. The maximum Gasteiger partial charge on any atom is 0.415 e. The molecule has 11 heteroatoms. The zero-order valence-electron chi connectivity index (χ0n) is 20.8.